The monoisotopic (exact) mass is 304 g/mol. The number of hydrogen-bond donors (Lipinski definition) is 2. The second-order valence-electron chi connectivity index (χ2n) is 4.86. The summed E-state index contributed by atoms with van der Waals surface area (Å²) in [7, 11) is 0. The van der Waals surface area contributed by atoms with Crippen LogP contribution in [0.5, 0.6) is 0 Å². The van der Waals surface area contributed by atoms with Crippen molar-refractivity contribution in [3.05, 3.63) is 40.4 Å². The van der Waals surface area contributed by atoms with Crippen LogP contribution in [0.3, 0.4) is 0 Å². The Kier molecular flexibility index (Phi) is 4.64. The van der Waals surface area contributed by atoms with Crippen molar-refractivity contribution in [1.82, 2.24) is 9.59 Å². The molecule has 0 bridgehead atoms. The van der Waals surface area contributed by atoms with E-state index in [0.29, 0.717) is 22.0 Å². The number of carbonyl (C=O) groups is 1. The van der Waals surface area contributed by atoms with Crippen molar-refractivity contribution < 1.29 is 10.0 Å². The minimum atomic E-state index is -0.214. The van der Waals surface area contributed by atoms with Crippen molar-refractivity contribution in [3.8, 4) is 0 Å². The molecule has 1 heterocycles. The van der Waals surface area contributed by atoms with Crippen LogP contribution in [0.4, 0.5) is 5.69 Å². The lowest BCUT2D eigenvalue weighted by atomic mass is 10.1. The van der Waals surface area contributed by atoms with Gasteiger partial charge < -0.3 is 10.5 Å². The summed E-state index contributed by atoms with van der Waals surface area (Å²) in [5, 5.41) is 18.7. The predicted molar refractivity (Wildman–Crippen MR) is 82.4 cm³/mol. The van der Waals surface area contributed by atoms with Crippen molar-refractivity contribution in [2.45, 2.75) is 26.7 Å². The van der Waals surface area contributed by atoms with E-state index in [1.54, 1.807) is 31.2 Å². The van der Waals surface area contributed by atoms with Gasteiger partial charge in [0.25, 0.3) is 5.91 Å². The molecule has 2 N–H and O–H groups in total. The fourth-order valence-corrected chi connectivity index (χ4v) is 2.49. The van der Waals surface area contributed by atoms with Gasteiger partial charge in [-0.3, -0.25) is 4.79 Å². The van der Waals surface area contributed by atoms with Crippen LogP contribution in [0, 0.1) is 0 Å². The number of nitrogens with one attached hydrogen (secondary N) is 1. The minimum absolute atomic E-state index is 0.148. The Hall–Kier alpha value is -2.28. The molecule has 6 nitrogen and oxygen atoms in total. The molecular weight excluding hydrogens is 288 g/mol. The minimum Gasteiger partial charge on any atom is -0.411 e. The van der Waals surface area contributed by atoms with Crippen molar-refractivity contribution >= 4 is 28.8 Å². The van der Waals surface area contributed by atoms with Gasteiger partial charge in [0.1, 0.15) is 4.88 Å². The molecule has 2 rings (SSSR count). The Balaban J connectivity index is 2.14. The van der Waals surface area contributed by atoms with Gasteiger partial charge in [0.15, 0.2) is 0 Å². The average Bonchev–Trinajstić information content (AvgIpc) is 2.97. The molecule has 1 aromatic carbocycles. The summed E-state index contributed by atoms with van der Waals surface area (Å²) in [6, 6.07) is 7.06. The van der Waals surface area contributed by atoms with Gasteiger partial charge in [0.05, 0.1) is 11.4 Å². The lowest BCUT2D eigenvalue weighted by molar-refractivity contribution is 0.102. The molecule has 0 radical (unpaired) electrons. The van der Waals surface area contributed by atoms with Gasteiger partial charge in [-0.25, -0.2) is 0 Å². The molecule has 0 atom stereocenters. The zero-order valence-electron chi connectivity index (χ0n) is 12.0. The molecule has 1 aromatic heterocycles. The fraction of sp³-hybridized carbons (Fsp3) is 0.286. The maximum absolute atomic E-state index is 12.2. The molecule has 7 heteroatoms. The van der Waals surface area contributed by atoms with E-state index in [9.17, 15) is 4.79 Å². The van der Waals surface area contributed by atoms with Crippen LogP contribution in [0.1, 0.15) is 47.6 Å². The molecule has 0 aliphatic heterocycles. The number of oxime groups is 1. The van der Waals surface area contributed by atoms with Gasteiger partial charge in [-0.2, -0.15) is 0 Å². The molecule has 2 aromatic rings. The summed E-state index contributed by atoms with van der Waals surface area (Å²) >= 11 is 1.09. The number of aromatic nitrogens is 2. The quantitative estimate of drug-likeness (QED) is 0.516. The van der Waals surface area contributed by atoms with E-state index in [-0.39, 0.29) is 11.8 Å². The van der Waals surface area contributed by atoms with E-state index in [1.807, 2.05) is 13.8 Å². The third-order valence-electron chi connectivity index (χ3n) is 2.98. The highest BCUT2D eigenvalue weighted by Crippen LogP contribution is 2.21. The van der Waals surface area contributed by atoms with Crippen molar-refractivity contribution in [2.75, 3.05) is 5.32 Å². The maximum Gasteiger partial charge on any atom is 0.269 e. The number of amides is 1. The van der Waals surface area contributed by atoms with Crippen molar-refractivity contribution in [1.29, 1.82) is 0 Å². The summed E-state index contributed by atoms with van der Waals surface area (Å²) in [5.41, 5.74) is 2.68. The van der Waals surface area contributed by atoms with E-state index < -0.39 is 0 Å². The number of anilines is 1. The number of rotatable bonds is 4. The first-order chi connectivity index (χ1) is 10.0. The summed E-state index contributed by atoms with van der Waals surface area (Å²) in [4.78, 5) is 12.8. The molecule has 1 amide bonds. The van der Waals surface area contributed by atoms with E-state index in [4.69, 9.17) is 5.21 Å². The van der Waals surface area contributed by atoms with Gasteiger partial charge in [0, 0.05) is 5.69 Å². The molecule has 0 spiro atoms. The van der Waals surface area contributed by atoms with Gasteiger partial charge in [-0.1, -0.05) is 35.6 Å². The highest BCUT2D eigenvalue weighted by Gasteiger charge is 2.18. The van der Waals surface area contributed by atoms with Crippen LogP contribution >= 0.6 is 11.5 Å². The second-order valence-corrected chi connectivity index (χ2v) is 5.61. The highest BCUT2D eigenvalue weighted by atomic mass is 32.1. The van der Waals surface area contributed by atoms with Crippen LogP contribution in [-0.2, 0) is 0 Å². The van der Waals surface area contributed by atoms with Crippen LogP contribution in [0.2, 0.25) is 0 Å². The molecule has 0 saturated heterocycles. The number of hydrogen-bond acceptors (Lipinski definition) is 6. The largest absolute Gasteiger partial charge is 0.411 e. The summed E-state index contributed by atoms with van der Waals surface area (Å²) < 4.78 is 3.84. The average molecular weight is 304 g/mol. The van der Waals surface area contributed by atoms with Crippen LogP contribution in [0.25, 0.3) is 0 Å². The first-order valence-electron chi connectivity index (χ1n) is 6.45. The van der Waals surface area contributed by atoms with E-state index in [2.05, 4.69) is 20.1 Å². The topological polar surface area (TPSA) is 87.5 Å². The molecule has 0 fully saturated rings. The first-order valence-corrected chi connectivity index (χ1v) is 7.23. The Morgan fingerprint density at radius 3 is 2.57 bits per heavy atom. The van der Waals surface area contributed by atoms with Crippen LogP contribution < -0.4 is 5.32 Å². The zero-order valence-corrected chi connectivity index (χ0v) is 12.8. The normalized spacial score (nSPS) is 11.7. The van der Waals surface area contributed by atoms with Gasteiger partial charge in [0.2, 0.25) is 0 Å². The van der Waals surface area contributed by atoms with Gasteiger partial charge in [-0.05, 0) is 42.1 Å². The standard InChI is InChI=1S/C14H16N4O2S/c1-8(2)12-13(21-18-16-12)14(19)15-11-6-4-10(5-7-11)9(3)17-20/h4-8,20H,1-3H3,(H,15,19). The second kappa shape index (κ2) is 6.45. The summed E-state index contributed by atoms with van der Waals surface area (Å²) in [6.45, 7) is 5.64. The number of nitrogens with zero attached hydrogens (tertiary/aromatic N) is 3. The lowest BCUT2D eigenvalue weighted by Crippen LogP contribution is -2.13. The van der Waals surface area contributed by atoms with Crippen molar-refractivity contribution in [3.63, 3.8) is 0 Å². The van der Waals surface area contributed by atoms with E-state index >= 15 is 0 Å². The summed E-state index contributed by atoms with van der Waals surface area (Å²) in [5.74, 6) is -0.0655. The Morgan fingerprint density at radius 2 is 2.00 bits per heavy atom. The molecule has 0 saturated carbocycles. The van der Waals surface area contributed by atoms with E-state index in [0.717, 1.165) is 17.1 Å². The third kappa shape index (κ3) is 3.43. The van der Waals surface area contributed by atoms with Gasteiger partial charge >= 0.3 is 0 Å². The Bertz CT molecular complexity index is 662. The highest BCUT2D eigenvalue weighted by molar-refractivity contribution is 7.08. The molecule has 0 unspecified atom stereocenters. The first kappa shape index (κ1) is 15.1. The predicted octanol–water partition coefficient (Wildman–Crippen LogP) is 3.11. The molecule has 0 aliphatic carbocycles. The molecule has 0 aliphatic rings. The van der Waals surface area contributed by atoms with Gasteiger partial charge in [-0.15, -0.1) is 5.10 Å². The lowest BCUT2D eigenvalue weighted by Gasteiger charge is -2.07. The fourth-order valence-electron chi connectivity index (χ4n) is 1.77. The van der Waals surface area contributed by atoms with Crippen LogP contribution in [-0.4, -0.2) is 26.4 Å². The van der Waals surface area contributed by atoms with E-state index in [1.165, 1.54) is 0 Å². The molecule has 21 heavy (non-hydrogen) atoms. The third-order valence-corrected chi connectivity index (χ3v) is 3.72. The smallest absolute Gasteiger partial charge is 0.269 e. The number of benzene rings is 1. The molecular formula is C14H16N4O2S. The summed E-state index contributed by atoms with van der Waals surface area (Å²) in [6.07, 6.45) is 0. The SMILES string of the molecule is CC(=NO)c1ccc(NC(=O)c2snnc2C(C)C)cc1. The Labute approximate surface area is 126 Å². The van der Waals surface area contributed by atoms with Crippen LogP contribution in [0.15, 0.2) is 29.4 Å². The zero-order chi connectivity index (χ0) is 15.4. The van der Waals surface area contributed by atoms with Crippen molar-refractivity contribution in [2.24, 2.45) is 5.16 Å². The maximum atomic E-state index is 12.2. The molecule has 110 valence electrons. The number of carbonyl (C=O) groups excluding carboxylic acids is 1. The Morgan fingerprint density at radius 1 is 1.33 bits per heavy atom.